The molecule has 1 N–H and O–H groups in total. The standard InChI is InChI=1S/C15H15BrFNO/c1-10-7-13(4-5-14(10)17)19-15-6-3-12(16)8-11(15)9-18-2/h3-8,18H,9H2,1-2H3. The summed E-state index contributed by atoms with van der Waals surface area (Å²) in [6.45, 7) is 2.42. The van der Waals surface area contributed by atoms with Gasteiger partial charge in [0.1, 0.15) is 17.3 Å². The Kier molecular flexibility index (Phi) is 4.56. The van der Waals surface area contributed by atoms with Crippen molar-refractivity contribution in [2.24, 2.45) is 0 Å². The topological polar surface area (TPSA) is 21.3 Å². The molecule has 0 spiro atoms. The highest BCUT2D eigenvalue weighted by atomic mass is 79.9. The van der Waals surface area contributed by atoms with E-state index in [1.165, 1.54) is 6.07 Å². The monoisotopic (exact) mass is 323 g/mol. The van der Waals surface area contributed by atoms with Crippen LogP contribution in [0.5, 0.6) is 11.5 Å². The first-order valence-electron chi connectivity index (χ1n) is 5.97. The summed E-state index contributed by atoms with van der Waals surface area (Å²) in [5.41, 5.74) is 1.61. The molecule has 2 nitrogen and oxygen atoms in total. The van der Waals surface area contributed by atoms with Gasteiger partial charge in [-0.1, -0.05) is 15.9 Å². The first-order valence-corrected chi connectivity index (χ1v) is 6.76. The Morgan fingerprint density at radius 3 is 2.68 bits per heavy atom. The van der Waals surface area contributed by atoms with Crippen molar-refractivity contribution in [1.29, 1.82) is 0 Å². The smallest absolute Gasteiger partial charge is 0.131 e. The lowest BCUT2D eigenvalue weighted by atomic mass is 10.2. The number of ether oxygens (including phenoxy) is 1. The van der Waals surface area contributed by atoms with Crippen LogP contribution in [0.25, 0.3) is 0 Å². The molecule has 2 rings (SSSR count). The summed E-state index contributed by atoms with van der Waals surface area (Å²) in [5, 5.41) is 3.10. The van der Waals surface area contributed by atoms with Crippen molar-refractivity contribution in [2.45, 2.75) is 13.5 Å². The molecule has 100 valence electrons. The maximum Gasteiger partial charge on any atom is 0.131 e. The predicted octanol–water partition coefficient (Wildman–Crippen LogP) is 4.41. The van der Waals surface area contributed by atoms with Crippen molar-refractivity contribution in [3.63, 3.8) is 0 Å². The summed E-state index contributed by atoms with van der Waals surface area (Å²) < 4.78 is 20.0. The fourth-order valence-electron chi connectivity index (χ4n) is 1.78. The molecular formula is C15H15BrFNO. The maximum absolute atomic E-state index is 13.2. The molecule has 0 radical (unpaired) electrons. The number of hydrogen-bond donors (Lipinski definition) is 1. The lowest BCUT2D eigenvalue weighted by Crippen LogP contribution is -2.06. The van der Waals surface area contributed by atoms with E-state index < -0.39 is 0 Å². The average Bonchev–Trinajstić information content (AvgIpc) is 2.37. The molecule has 4 heteroatoms. The van der Waals surface area contributed by atoms with Gasteiger partial charge in [-0.05, 0) is 55.9 Å². The molecule has 0 amide bonds. The lowest BCUT2D eigenvalue weighted by Gasteiger charge is -2.12. The Morgan fingerprint density at radius 1 is 1.21 bits per heavy atom. The summed E-state index contributed by atoms with van der Waals surface area (Å²) in [6, 6.07) is 10.6. The molecule has 0 aliphatic carbocycles. The summed E-state index contributed by atoms with van der Waals surface area (Å²) in [4.78, 5) is 0. The highest BCUT2D eigenvalue weighted by Gasteiger charge is 2.06. The number of benzene rings is 2. The second kappa shape index (κ2) is 6.17. The van der Waals surface area contributed by atoms with Gasteiger partial charge >= 0.3 is 0 Å². The minimum atomic E-state index is -0.224. The van der Waals surface area contributed by atoms with E-state index in [1.54, 1.807) is 19.1 Å². The van der Waals surface area contributed by atoms with Crippen LogP contribution in [0, 0.1) is 12.7 Å². The van der Waals surface area contributed by atoms with Crippen LogP contribution in [0.15, 0.2) is 40.9 Å². The van der Waals surface area contributed by atoms with Crippen LogP contribution >= 0.6 is 15.9 Å². The largest absolute Gasteiger partial charge is 0.457 e. The van der Waals surface area contributed by atoms with Crippen molar-refractivity contribution in [2.75, 3.05) is 7.05 Å². The van der Waals surface area contributed by atoms with E-state index in [0.29, 0.717) is 17.9 Å². The third kappa shape index (κ3) is 3.55. The molecule has 19 heavy (non-hydrogen) atoms. The van der Waals surface area contributed by atoms with E-state index in [9.17, 15) is 4.39 Å². The number of aryl methyl sites for hydroxylation is 1. The van der Waals surface area contributed by atoms with Gasteiger partial charge in [0, 0.05) is 16.6 Å². The van der Waals surface area contributed by atoms with Crippen LogP contribution < -0.4 is 10.1 Å². The minimum absolute atomic E-state index is 0.224. The fraction of sp³-hybridized carbons (Fsp3) is 0.200. The quantitative estimate of drug-likeness (QED) is 0.899. The van der Waals surface area contributed by atoms with Crippen molar-refractivity contribution in [3.05, 3.63) is 57.8 Å². The van der Waals surface area contributed by atoms with Crippen LogP contribution in [0.1, 0.15) is 11.1 Å². The molecule has 0 saturated carbocycles. The van der Waals surface area contributed by atoms with E-state index in [1.807, 2.05) is 25.2 Å². The zero-order valence-electron chi connectivity index (χ0n) is 10.8. The summed E-state index contributed by atoms with van der Waals surface area (Å²) in [6.07, 6.45) is 0. The number of rotatable bonds is 4. The Hall–Kier alpha value is -1.39. The molecular weight excluding hydrogens is 309 g/mol. The first kappa shape index (κ1) is 14.0. The van der Waals surface area contributed by atoms with Gasteiger partial charge in [-0.2, -0.15) is 0 Å². The molecule has 0 atom stereocenters. The lowest BCUT2D eigenvalue weighted by molar-refractivity contribution is 0.471. The number of halogens is 2. The SMILES string of the molecule is CNCc1cc(Br)ccc1Oc1ccc(F)c(C)c1. The third-order valence-electron chi connectivity index (χ3n) is 2.75. The Morgan fingerprint density at radius 2 is 2.00 bits per heavy atom. The van der Waals surface area contributed by atoms with Crippen molar-refractivity contribution in [3.8, 4) is 11.5 Å². The zero-order valence-corrected chi connectivity index (χ0v) is 12.4. The highest BCUT2D eigenvalue weighted by Crippen LogP contribution is 2.29. The van der Waals surface area contributed by atoms with Crippen molar-refractivity contribution in [1.82, 2.24) is 5.32 Å². The summed E-state index contributed by atoms with van der Waals surface area (Å²) in [5.74, 6) is 1.18. The second-order valence-corrected chi connectivity index (χ2v) is 5.21. The fourth-order valence-corrected chi connectivity index (χ4v) is 2.19. The van der Waals surface area contributed by atoms with Crippen LogP contribution in [0.2, 0.25) is 0 Å². The maximum atomic E-state index is 13.2. The van der Waals surface area contributed by atoms with Gasteiger partial charge in [0.2, 0.25) is 0 Å². The van der Waals surface area contributed by atoms with E-state index in [2.05, 4.69) is 21.2 Å². The van der Waals surface area contributed by atoms with Gasteiger partial charge in [-0.3, -0.25) is 0 Å². The molecule has 0 unspecified atom stereocenters. The molecule has 0 aromatic heterocycles. The summed E-state index contributed by atoms with van der Waals surface area (Å²) >= 11 is 3.44. The Labute approximate surface area is 120 Å². The first-order chi connectivity index (χ1) is 9.10. The Balaban J connectivity index is 2.29. The van der Waals surface area contributed by atoms with Gasteiger partial charge in [0.25, 0.3) is 0 Å². The van der Waals surface area contributed by atoms with Gasteiger partial charge in [0.05, 0.1) is 0 Å². The molecule has 2 aromatic rings. The van der Waals surface area contributed by atoms with Gasteiger partial charge < -0.3 is 10.1 Å². The summed E-state index contributed by atoms with van der Waals surface area (Å²) in [7, 11) is 1.88. The predicted molar refractivity (Wildman–Crippen MR) is 78.1 cm³/mol. The van der Waals surface area contributed by atoms with Crippen LogP contribution in [0.4, 0.5) is 4.39 Å². The van der Waals surface area contributed by atoms with Crippen LogP contribution in [-0.4, -0.2) is 7.05 Å². The van der Waals surface area contributed by atoms with Gasteiger partial charge in [-0.15, -0.1) is 0 Å². The molecule has 0 aliphatic heterocycles. The van der Waals surface area contributed by atoms with Crippen molar-refractivity contribution >= 4 is 15.9 Å². The normalized spacial score (nSPS) is 10.5. The van der Waals surface area contributed by atoms with E-state index >= 15 is 0 Å². The molecule has 2 aromatic carbocycles. The van der Waals surface area contributed by atoms with E-state index in [0.717, 1.165) is 15.8 Å². The van der Waals surface area contributed by atoms with E-state index in [-0.39, 0.29) is 5.82 Å². The zero-order chi connectivity index (χ0) is 13.8. The molecule has 0 saturated heterocycles. The van der Waals surface area contributed by atoms with Crippen LogP contribution in [-0.2, 0) is 6.54 Å². The molecule has 0 fully saturated rings. The number of hydrogen-bond acceptors (Lipinski definition) is 2. The van der Waals surface area contributed by atoms with Gasteiger partial charge in [0.15, 0.2) is 0 Å². The molecule has 0 aliphatic rings. The molecule has 0 heterocycles. The second-order valence-electron chi connectivity index (χ2n) is 4.30. The van der Waals surface area contributed by atoms with Crippen LogP contribution in [0.3, 0.4) is 0 Å². The van der Waals surface area contributed by atoms with Gasteiger partial charge in [-0.25, -0.2) is 4.39 Å². The van der Waals surface area contributed by atoms with Crippen molar-refractivity contribution < 1.29 is 9.13 Å². The molecule has 0 bridgehead atoms. The highest BCUT2D eigenvalue weighted by molar-refractivity contribution is 9.10. The Bertz CT molecular complexity index is 586. The third-order valence-corrected chi connectivity index (χ3v) is 3.24. The average molecular weight is 324 g/mol. The minimum Gasteiger partial charge on any atom is -0.457 e. The number of nitrogens with one attached hydrogen (secondary N) is 1. The van der Waals surface area contributed by atoms with E-state index in [4.69, 9.17) is 4.74 Å².